The minimum atomic E-state index is -2.72. The van der Waals surface area contributed by atoms with Crippen LogP contribution in [0.25, 0.3) is 0 Å². The van der Waals surface area contributed by atoms with Crippen molar-refractivity contribution in [1.82, 2.24) is 15.1 Å². The number of aromatic nitrogens is 2. The molecule has 0 atom stereocenters. The second-order valence-electron chi connectivity index (χ2n) is 2.86. The third-order valence-electron chi connectivity index (χ3n) is 1.70. The van der Waals surface area contributed by atoms with Gasteiger partial charge < -0.3 is 5.32 Å². The van der Waals surface area contributed by atoms with E-state index in [0.717, 1.165) is 0 Å². The first kappa shape index (κ1) is 10.8. The molecule has 1 rings (SSSR count). The number of hydrogen-bond acceptors (Lipinski definition) is 3. The van der Waals surface area contributed by atoms with Crippen molar-refractivity contribution in [2.24, 2.45) is 7.05 Å². The van der Waals surface area contributed by atoms with Crippen LogP contribution < -0.4 is 5.32 Å². The summed E-state index contributed by atoms with van der Waals surface area (Å²) in [6.07, 6.45) is -1.41. The molecule has 0 aliphatic rings. The Hall–Kier alpha value is -1.30. The molecule has 0 radical (unpaired) electrons. The second kappa shape index (κ2) is 4.28. The van der Waals surface area contributed by atoms with Gasteiger partial charge in [-0.3, -0.25) is 9.48 Å². The Labute approximate surface area is 79.9 Å². The molecule has 0 amide bonds. The molecular weight excluding hydrogens is 192 g/mol. The van der Waals surface area contributed by atoms with Crippen molar-refractivity contribution < 1.29 is 13.6 Å². The first-order valence-corrected chi connectivity index (χ1v) is 4.05. The number of ketones is 1. The van der Waals surface area contributed by atoms with Crippen LogP contribution in [0.2, 0.25) is 0 Å². The van der Waals surface area contributed by atoms with Crippen LogP contribution >= 0.6 is 0 Å². The van der Waals surface area contributed by atoms with E-state index in [1.165, 1.54) is 17.9 Å². The predicted octanol–water partition coefficient (Wildman–Crippen LogP) is 0.760. The number of aryl methyl sites for hydroxylation is 1. The van der Waals surface area contributed by atoms with Crippen molar-refractivity contribution in [3.63, 3.8) is 0 Å². The number of nitrogens with zero attached hydrogens (tertiary/aromatic N) is 2. The fourth-order valence-corrected chi connectivity index (χ4v) is 1.14. The predicted molar refractivity (Wildman–Crippen MR) is 46.4 cm³/mol. The van der Waals surface area contributed by atoms with Crippen molar-refractivity contribution in [2.75, 3.05) is 13.6 Å². The second-order valence-corrected chi connectivity index (χ2v) is 2.86. The van der Waals surface area contributed by atoms with Gasteiger partial charge in [-0.25, -0.2) is 8.78 Å². The number of likely N-dealkylation sites (N-methyl/N-ethyl adjacent to an activating group) is 1. The normalized spacial score (nSPS) is 10.9. The van der Waals surface area contributed by atoms with Gasteiger partial charge >= 0.3 is 0 Å². The van der Waals surface area contributed by atoms with Crippen LogP contribution in [-0.2, 0) is 7.05 Å². The van der Waals surface area contributed by atoms with E-state index in [0.29, 0.717) is 0 Å². The minimum Gasteiger partial charge on any atom is -0.313 e. The molecule has 14 heavy (non-hydrogen) atoms. The average molecular weight is 203 g/mol. The van der Waals surface area contributed by atoms with Crippen LogP contribution in [-0.4, -0.2) is 29.2 Å². The number of alkyl halides is 2. The summed E-state index contributed by atoms with van der Waals surface area (Å²) in [7, 11) is 3.08. The fraction of sp³-hybridized carbons (Fsp3) is 0.500. The largest absolute Gasteiger partial charge is 0.313 e. The molecule has 1 aromatic rings. The van der Waals surface area contributed by atoms with Gasteiger partial charge in [0, 0.05) is 13.2 Å². The molecule has 1 N–H and O–H groups in total. The van der Waals surface area contributed by atoms with Gasteiger partial charge in [0.2, 0.25) is 0 Å². The van der Waals surface area contributed by atoms with Gasteiger partial charge in [-0.05, 0) is 7.05 Å². The van der Waals surface area contributed by atoms with Crippen molar-refractivity contribution in [3.8, 4) is 0 Å². The van der Waals surface area contributed by atoms with E-state index in [1.54, 1.807) is 7.05 Å². The highest BCUT2D eigenvalue weighted by Gasteiger charge is 2.21. The van der Waals surface area contributed by atoms with E-state index in [1.807, 2.05) is 0 Å². The number of Topliss-reactive ketones (excluding diaryl/α,β-unsaturated/α-hetero) is 1. The topological polar surface area (TPSA) is 46.9 Å². The lowest BCUT2D eigenvalue weighted by Crippen LogP contribution is -2.19. The molecule has 4 nitrogen and oxygen atoms in total. The van der Waals surface area contributed by atoms with Crippen LogP contribution in [0.1, 0.15) is 22.5 Å². The number of carbonyl (C=O) groups is 1. The van der Waals surface area contributed by atoms with Gasteiger partial charge in [-0.15, -0.1) is 0 Å². The maximum Gasteiger partial charge on any atom is 0.282 e. The smallest absolute Gasteiger partial charge is 0.282 e. The van der Waals surface area contributed by atoms with Crippen LogP contribution in [0.15, 0.2) is 6.20 Å². The summed E-state index contributed by atoms with van der Waals surface area (Å²) in [5.74, 6) is -0.379. The average Bonchev–Trinajstić information content (AvgIpc) is 2.48. The molecule has 78 valence electrons. The summed E-state index contributed by atoms with van der Waals surface area (Å²) >= 11 is 0. The van der Waals surface area contributed by atoms with Crippen molar-refractivity contribution in [3.05, 3.63) is 17.5 Å². The molecule has 6 heteroatoms. The monoisotopic (exact) mass is 203 g/mol. The first-order chi connectivity index (χ1) is 6.56. The number of halogens is 2. The zero-order valence-electron chi connectivity index (χ0n) is 7.92. The van der Waals surface area contributed by atoms with Gasteiger partial charge in [-0.2, -0.15) is 5.10 Å². The Morgan fingerprint density at radius 2 is 2.36 bits per heavy atom. The van der Waals surface area contributed by atoms with Gasteiger partial charge in [-0.1, -0.05) is 0 Å². The summed E-state index contributed by atoms with van der Waals surface area (Å²) in [5.41, 5.74) is -0.468. The summed E-state index contributed by atoms with van der Waals surface area (Å²) < 4.78 is 26.0. The quantitative estimate of drug-likeness (QED) is 0.735. The lowest BCUT2D eigenvalue weighted by atomic mass is 10.1. The third kappa shape index (κ3) is 2.14. The molecular formula is C8H11F2N3O. The molecule has 1 heterocycles. The Morgan fingerprint density at radius 1 is 1.71 bits per heavy atom. The summed E-state index contributed by atoms with van der Waals surface area (Å²) in [6.45, 7) is 0.0331. The van der Waals surface area contributed by atoms with Crippen molar-refractivity contribution in [1.29, 1.82) is 0 Å². The Kier molecular flexibility index (Phi) is 3.29. The van der Waals surface area contributed by atoms with E-state index in [-0.39, 0.29) is 17.9 Å². The molecule has 1 aromatic heterocycles. The van der Waals surface area contributed by atoms with E-state index < -0.39 is 12.1 Å². The third-order valence-corrected chi connectivity index (χ3v) is 1.70. The molecule has 0 fully saturated rings. The van der Waals surface area contributed by atoms with Crippen LogP contribution in [0.5, 0.6) is 0 Å². The summed E-state index contributed by atoms with van der Waals surface area (Å²) in [6, 6.07) is 0. The number of carbonyl (C=O) groups excluding carboxylic acids is 1. The van der Waals surface area contributed by atoms with E-state index in [9.17, 15) is 13.6 Å². The zero-order valence-corrected chi connectivity index (χ0v) is 7.92. The molecule has 0 saturated heterocycles. The van der Waals surface area contributed by atoms with Gasteiger partial charge in [0.05, 0.1) is 12.1 Å². The van der Waals surface area contributed by atoms with Crippen molar-refractivity contribution in [2.45, 2.75) is 6.43 Å². The van der Waals surface area contributed by atoms with Crippen LogP contribution in [0, 0.1) is 0 Å². The van der Waals surface area contributed by atoms with E-state index in [4.69, 9.17) is 0 Å². The van der Waals surface area contributed by atoms with Crippen LogP contribution in [0.4, 0.5) is 8.78 Å². The highest BCUT2D eigenvalue weighted by atomic mass is 19.3. The highest BCUT2D eigenvalue weighted by molar-refractivity contribution is 5.98. The number of nitrogens with one attached hydrogen (secondary N) is 1. The lowest BCUT2D eigenvalue weighted by Gasteiger charge is -1.99. The number of rotatable bonds is 4. The van der Waals surface area contributed by atoms with E-state index in [2.05, 4.69) is 10.4 Å². The maximum atomic E-state index is 12.4. The SMILES string of the molecule is CNCC(=O)c1cn(C)nc1C(F)F. The summed E-state index contributed by atoms with van der Waals surface area (Å²) in [4.78, 5) is 11.3. The molecule has 0 unspecified atom stereocenters. The number of hydrogen-bond donors (Lipinski definition) is 1. The van der Waals surface area contributed by atoms with E-state index >= 15 is 0 Å². The first-order valence-electron chi connectivity index (χ1n) is 4.05. The Balaban J connectivity index is 3.00. The molecule has 0 aliphatic heterocycles. The molecule has 0 aliphatic carbocycles. The van der Waals surface area contributed by atoms with Crippen LogP contribution in [0.3, 0.4) is 0 Å². The Morgan fingerprint density at radius 3 is 2.86 bits per heavy atom. The standard InChI is InChI=1S/C8H11F2N3O/c1-11-3-6(14)5-4-13(2)12-7(5)8(9)10/h4,8,11H,3H2,1-2H3. The Bertz CT molecular complexity index is 335. The lowest BCUT2D eigenvalue weighted by molar-refractivity contribution is 0.0978. The summed E-state index contributed by atoms with van der Waals surface area (Å²) in [5, 5.41) is 6.14. The molecule has 0 saturated carbocycles. The highest BCUT2D eigenvalue weighted by Crippen LogP contribution is 2.20. The maximum absolute atomic E-state index is 12.4. The van der Waals surface area contributed by atoms with Gasteiger partial charge in [0.15, 0.2) is 5.78 Å². The molecule has 0 spiro atoms. The molecule has 0 bridgehead atoms. The van der Waals surface area contributed by atoms with Gasteiger partial charge in [0.1, 0.15) is 5.69 Å². The zero-order chi connectivity index (χ0) is 10.7. The fourth-order valence-electron chi connectivity index (χ4n) is 1.14. The molecule has 0 aromatic carbocycles. The van der Waals surface area contributed by atoms with Crippen molar-refractivity contribution >= 4 is 5.78 Å². The minimum absolute atomic E-state index is 0.0168. The van der Waals surface area contributed by atoms with Gasteiger partial charge in [0.25, 0.3) is 6.43 Å².